The summed E-state index contributed by atoms with van der Waals surface area (Å²) >= 11 is 0. The third-order valence-corrected chi connectivity index (χ3v) is 1.53. The molecule has 0 aliphatic heterocycles. The molecule has 0 unspecified atom stereocenters. The largest absolute Gasteiger partial charge is 0.394 e. The van der Waals surface area contributed by atoms with Gasteiger partial charge in [0.1, 0.15) is 0 Å². The van der Waals surface area contributed by atoms with E-state index in [1.165, 1.54) is 0 Å². The minimum absolute atomic E-state index is 0.227. The van der Waals surface area contributed by atoms with Gasteiger partial charge < -0.3 is 10.7 Å². The van der Waals surface area contributed by atoms with Crippen molar-refractivity contribution in [3.8, 4) is 0 Å². The van der Waals surface area contributed by atoms with Crippen molar-refractivity contribution in [2.24, 2.45) is 0 Å². The number of rotatable bonds is 1. The van der Waals surface area contributed by atoms with E-state index < -0.39 is 0 Å². The van der Waals surface area contributed by atoms with Crippen LogP contribution in [0.5, 0.6) is 0 Å². The van der Waals surface area contributed by atoms with Crippen molar-refractivity contribution in [1.29, 1.82) is 0 Å². The van der Waals surface area contributed by atoms with Crippen LogP contribution in [0.15, 0.2) is 17.4 Å². The second-order valence-corrected chi connectivity index (χ2v) is 2.34. The van der Waals surface area contributed by atoms with Crippen molar-refractivity contribution in [2.45, 2.75) is 6.92 Å². The number of nitrogen functional groups attached to an aromatic ring is 1. The number of hydrogen-bond acceptors (Lipinski definition) is 2. The van der Waals surface area contributed by atoms with Crippen molar-refractivity contribution in [3.05, 3.63) is 34.3 Å². The Morgan fingerprint density at radius 3 is 2.91 bits per heavy atom. The smallest absolute Gasteiger partial charge is 0.271 e. The van der Waals surface area contributed by atoms with Crippen molar-refractivity contribution in [2.75, 3.05) is 5.73 Å². The molecule has 3 nitrogen and oxygen atoms in total. The zero-order valence-corrected chi connectivity index (χ0v) is 6.35. The van der Waals surface area contributed by atoms with E-state index in [-0.39, 0.29) is 11.2 Å². The summed E-state index contributed by atoms with van der Waals surface area (Å²) < 4.78 is 0. The maximum atomic E-state index is 10.9. The van der Waals surface area contributed by atoms with Gasteiger partial charge in [0.2, 0.25) is 0 Å². The highest BCUT2D eigenvalue weighted by atomic mass is 16.1. The van der Waals surface area contributed by atoms with Crippen LogP contribution in [0.25, 0.3) is 6.08 Å². The number of hydrogen-bond donors (Lipinski definition) is 2. The Bertz CT molecular complexity index is 338. The lowest BCUT2D eigenvalue weighted by Crippen LogP contribution is -2.13. The average molecular weight is 150 g/mol. The molecule has 58 valence electrons. The highest BCUT2D eigenvalue weighted by Crippen LogP contribution is 2.06. The Morgan fingerprint density at radius 1 is 1.73 bits per heavy atom. The van der Waals surface area contributed by atoms with E-state index in [0.717, 1.165) is 11.3 Å². The van der Waals surface area contributed by atoms with Gasteiger partial charge in [0.05, 0.1) is 5.69 Å². The van der Waals surface area contributed by atoms with Gasteiger partial charge in [-0.2, -0.15) is 0 Å². The third kappa shape index (κ3) is 1.32. The van der Waals surface area contributed by atoms with Crippen LogP contribution in [0.1, 0.15) is 11.3 Å². The standard InChI is InChI=1S/C8H10N2O/c1-3-6-4-7(9)8(11)10-5(6)2/h3-4H,1,9H2,2H3,(H,10,11). The molecule has 1 heterocycles. The fourth-order valence-corrected chi connectivity index (χ4v) is 0.868. The lowest BCUT2D eigenvalue weighted by molar-refractivity contribution is 1.14. The minimum atomic E-state index is -0.242. The maximum Gasteiger partial charge on any atom is 0.271 e. The number of aromatic nitrogens is 1. The number of aromatic amines is 1. The predicted octanol–water partition coefficient (Wildman–Crippen LogP) is 0.909. The average Bonchev–Trinajstić information content (AvgIpc) is 1.97. The summed E-state index contributed by atoms with van der Waals surface area (Å²) in [5, 5.41) is 0. The molecule has 0 amide bonds. The monoisotopic (exact) mass is 150 g/mol. The normalized spacial score (nSPS) is 9.55. The summed E-state index contributed by atoms with van der Waals surface area (Å²) in [5.74, 6) is 0. The first kappa shape index (κ1) is 7.60. The van der Waals surface area contributed by atoms with Crippen molar-refractivity contribution < 1.29 is 0 Å². The molecule has 3 heteroatoms. The fraction of sp³-hybridized carbons (Fsp3) is 0.125. The number of H-pyrrole nitrogens is 1. The van der Waals surface area contributed by atoms with E-state index in [1.807, 2.05) is 0 Å². The van der Waals surface area contributed by atoms with Crippen LogP contribution < -0.4 is 11.3 Å². The molecule has 0 aliphatic rings. The highest BCUT2D eigenvalue weighted by molar-refractivity contribution is 5.54. The van der Waals surface area contributed by atoms with Gasteiger partial charge in [-0.05, 0) is 18.6 Å². The molecule has 3 N–H and O–H groups in total. The summed E-state index contributed by atoms with van der Waals surface area (Å²) in [5.41, 5.74) is 7.01. The molecule has 0 aromatic carbocycles. The van der Waals surface area contributed by atoms with Gasteiger partial charge in [0.15, 0.2) is 0 Å². The minimum Gasteiger partial charge on any atom is -0.394 e. The van der Waals surface area contributed by atoms with E-state index in [1.54, 1.807) is 19.1 Å². The fourth-order valence-electron chi connectivity index (χ4n) is 0.868. The molecule has 0 atom stereocenters. The van der Waals surface area contributed by atoms with Crippen LogP contribution >= 0.6 is 0 Å². The first-order chi connectivity index (χ1) is 5.15. The molecular weight excluding hydrogens is 140 g/mol. The van der Waals surface area contributed by atoms with Gasteiger partial charge in [0.25, 0.3) is 5.56 Å². The molecule has 0 bridgehead atoms. The summed E-state index contributed by atoms with van der Waals surface area (Å²) in [4.78, 5) is 13.5. The van der Waals surface area contributed by atoms with Crippen LogP contribution in [-0.2, 0) is 0 Å². The molecule has 1 aromatic heterocycles. The molecule has 0 fully saturated rings. The second-order valence-electron chi connectivity index (χ2n) is 2.34. The molecule has 0 radical (unpaired) electrons. The van der Waals surface area contributed by atoms with E-state index >= 15 is 0 Å². The lowest BCUT2D eigenvalue weighted by Gasteiger charge is -1.99. The lowest BCUT2D eigenvalue weighted by atomic mass is 10.2. The molecule has 0 spiro atoms. The Labute approximate surface area is 64.6 Å². The third-order valence-electron chi connectivity index (χ3n) is 1.53. The van der Waals surface area contributed by atoms with Crippen molar-refractivity contribution in [3.63, 3.8) is 0 Å². The van der Waals surface area contributed by atoms with Gasteiger partial charge in [-0.15, -0.1) is 0 Å². The van der Waals surface area contributed by atoms with Crippen LogP contribution in [0.2, 0.25) is 0 Å². The van der Waals surface area contributed by atoms with Crippen molar-refractivity contribution in [1.82, 2.24) is 4.98 Å². The van der Waals surface area contributed by atoms with Gasteiger partial charge in [0, 0.05) is 5.69 Å². The Morgan fingerprint density at radius 2 is 2.36 bits per heavy atom. The van der Waals surface area contributed by atoms with Gasteiger partial charge in [-0.1, -0.05) is 12.7 Å². The quantitative estimate of drug-likeness (QED) is 0.625. The number of nitrogens with two attached hydrogens (primary N) is 1. The molecule has 1 rings (SSSR count). The van der Waals surface area contributed by atoms with Gasteiger partial charge in [-0.3, -0.25) is 4.79 Å². The molecule has 0 saturated heterocycles. The summed E-state index contributed by atoms with van der Waals surface area (Å²) in [7, 11) is 0. The first-order valence-corrected chi connectivity index (χ1v) is 3.27. The highest BCUT2D eigenvalue weighted by Gasteiger charge is 1.97. The van der Waals surface area contributed by atoms with E-state index in [0.29, 0.717) is 0 Å². The molecule has 0 aliphatic carbocycles. The predicted molar refractivity (Wildman–Crippen MR) is 46.3 cm³/mol. The second kappa shape index (κ2) is 2.62. The zero-order valence-electron chi connectivity index (χ0n) is 6.35. The number of pyridine rings is 1. The number of anilines is 1. The van der Waals surface area contributed by atoms with Gasteiger partial charge >= 0.3 is 0 Å². The Kier molecular flexibility index (Phi) is 1.81. The van der Waals surface area contributed by atoms with E-state index in [2.05, 4.69) is 11.6 Å². The SMILES string of the molecule is C=Cc1cc(N)c(=O)[nH]c1C. The molecule has 11 heavy (non-hydrogen) atoms. The van der Waals surface area contributed by atoms with Gasteiger partial charge in [-0.25, -0.2) is 0 Å². The van der Waals surface area contributed by atoms with E-state index in [9.17, 15) is 4.79 Å². The zero-order chi connectivity index (χ0) is 8.43. The van der Waals surface area contributed by atoms with Crippen molar-refractivity contribution >= 4 is 11.8 Å². The number of aryl methyl sites for hydroxylation is 1. The van der Waals surface area contributed by atoms with Crippen LogP contribution in [-0.4, -0.2) is 4.98 Å². The Balaban J connectivity index is 3.43. The summed E-state index contributed by atoms with van der Waals surface area (Å²) in [6.07, 6.45) is 1.65. The topological polar surface area (TPSA) is 58.9 Å². The first-order valence-electron chi connectivity index (χ1n) is 3.27. The maximum absolute atomic E-state index is 10.9. The summed E-state index contributed by atoms with van der Waals surface area (Å²) in [6, 6.07) is 1.61. The van der Waals surface area contributed by atoms with E-state index in [4.69, 9.17) is 5.73 Å². The molecule has 1 aromatic rings. The number of nitrogens with one attached hydrogen (secondary N) is 1. The summed E-state index contributed by atoms with van der Waals surface area (Å²) in [6.45, 7) is 5.39. The van der Waals surface area contributed by atoms with Crippen LogP contribution in [0, 0.1) is 6.92 Å². The molecule has 0 saturated carbocycles. The Hall–Kier alpha value is -1.51. The van der Waals surface area contributed by atoms with Crippen LogP contribution in [0.4, 0.5) is 5.69 Å². The molecular formula is C8H10N2O. The van der Waals surface area contributed by atoms with Crippen LogP contribution in [0.3, 0.4) is 0 Å².